The van der Waals surface area contributed by atoms with Crippen LogP contribution in [0.2, 0.25) is 0 Å². The summed E-state index contributed by atoms with van der Waals surface area (Å²) in [6.45, 7) is 3.02. The van der Waals surface area contributed by atoms with E-state index < -0.39 is 104 Å². The molecule has 13 heteroatoms. The number of rotatable bonds is 4. The molecule has 1 aromatic rings. The minimum absolute atomic E-state index is 0.131. The van der Waals surface area contributed by atoms with Gasteiger partial charge in [-0.1, -0.05) is 19.9 Å². The number of nitrogens with zero attached hydrogens (tertiary/aromatic N) is 1. The molecule has 0 saturated heterocycles. The quantitative estimate of drug-likeness (QED) is 0.167. The first kappa shape index (κ1) is 24.9. The van der Waals surface area contributed by atoms with E-state index in [1.807, 2.05) is 0 Å². The fraction of sp³-hybridized carbons (Fsp3) is 0.391. The number of aliphatic hydroxyl groups excluding tert-OH is 2. The minimum Gasteiger partial charge on any atom is -0.508 e. The van der Waals surface area contributed by atoms with Gasteiger partial charge in [0.15, 0.2) is 11.4 Å². The van der Waals surface area contributed by atoms with Crippen LogP contribution in [-0.2, 0) is 23.9 Å². The SMILES string of the molecule is CCC(=O)OC1C2C(=C(O)c3c(ccc([N+](=O)[O-])c3O)C2C)C(=O)C2(O)C(O)=C(C(N)=O)C(=O)CC12. The number of ketones is 2. The van der Waals surface area contributed by atoms with Crippen molar-refractivity contribution in [2.24, 2.45) is 17.6 Å². The molecule has 5 atom stereocenters. The lowest BCUT2D eigenvalue weighted by Gasteiger charge is -2.51. The second-order valence-corrected chi connectivity index (χ2v) is 8.96. The number of aliphatic hydroxyl groups is 3. The van der Waals surface area contributed by atoms with Gasteiger partial charge in [-0.05, 0) is 11.5 Å². The number of amides is 1. The summed E-state index contributed by atoms with van der Waals surface area (Å²) in [5, 5.41) is 55.3. The number of nitro benzene ring substituents is 1. The van der Waals surface area contributed by atoms with Crippen LogP contribution in [0.25, 0.3) is 5.76 Å². The monoisotopic (exact) mass is 502 g/mol. The van der Waals surface area contributed by atoms with Crippen LogP contribution in [0.4, 0.5) is 5.69 Å². The molecule has 5 unspecified atom stereocenters. The molecule has 3 aliphatic carbocycles. The second-order valence-electron chi connectivity index (χ2n) is 8.96. The molecule has 0 spiro atoms. The van der Waals surface area contributed by atoms with Crippen molar-refractivity contribution in [1.82, 2.24) is 0 Å². The number of aromatic hydroxyl groups is 1. The number of phenols is 1. The smallest absolute Gasteiger partial charge is 0.311 e. The third-order valence-corrected chi connectivity index (χ3v) is 7.20. The molecule has 3 aliphatic rings. The molecule has 1 saturated carbocycles. The molecule has 36 heavy (non-hydrogen) atoms. The molecule has 0 aliphatic heterocycles. The predicted octanol–water partition coefficient (Wildman–Crippen LogP) is 0.825. The number of carbonyl (C=O) groups is 4. The standard InChI is InChI=1S/C23H22N2O11/c1-3-12(27)36-19-9-6-11(26)15(22(24)32)20(30)23(9,33)21(31)16-13(19)7(2)8-4-5-10(25(34)35)17(28)14(8)18(16)29/h4-5,7,9,13,19,28-30,33H,3,6H2,1-2H3,(H2,24,32). The molecule has 1 fully saturated rings. The number of benzene rings is 1. The van der Waals surface area contributed by atoms with Crippen LogP contribution >= 0.6 is 0 Å². The van der Waals surface area contributed by atoms with Crippen molar-refractivity contribution in [3.63, 3.8) is 0 Å². The zero-order valence-corrected chi connectivity index (χ0v) is 19.0. The molecule has 6 N–H and O–H groups in total. The highest BCUT2D eigenvalue weighted by molar-refractivity contribution is 6.23. The van der Waals surface area contributed by atoms with Crippen LogP contribution in [0.3, 0.4) is 0 Å². The number of fused-ring (bicyclic) bond motifs is 3. The molecule has 190 valence electrons. The third-order valence-electron chi connectivity index (χ3n) is 7.20. The number of carbonyl (C=O) groups excluding carboxylic acids is 4. The van der Waals surface area contributed by atoms with Crippen LogP contribution in [0.1, 0.15) is 43.7 Å². The molecule has 0 bridgehead atoms. The summed E-state index contributed by atoms with van der Waals surface area (Å²) in [7, 11) is 0. The summed E-state index contributed by atoms with van der Waals surface area (Å²) < 4.78 is 5.54. The topological polar surface area (TPSA) is 228 Å². The number of primary amides is 1. The van der Waals surface area contributed by atoms with Crippen molar-refractivity contribution < 1.29 is 49.3 Å². The first-order chi connectivity index (χ1) is 16.8. The Balaban J connectivity index is 2.06. The summed E-state index contributed by atoms with van der Waals surface area (Å²) in [5.41, 5.74) is -0.445. The lowest BCUT2D eigenvalue weighted by Crippen LogP contribution is -2.64. The van der Waals surface area contributed by atoms with Crippen molar-refractivity contribution >= 4 is 34.9 Å². The molecule has 0 heterocycles. The van der Waals surface area contributed by atoms with E-state index in [1.54, 1.807) is 6.92 Å². The van der Waals surface area contributed by atoms with Crippen molar-refractivity contribution in [3.8, 4) is 5.75 Å². The fourth-order valence-corrected chi connectivity index (χ4v) is 5.49. The van der Waals surface area contributed by atoms with Gasteiger partial charge in [0, 0.05) is 36.3 Å². The summed E-state index contributed by atoms with van der Waals surface area (Å²) in [5.74, 6) is -11.3. The molecule has 0 aromatic heterocycles. The normalized spacial score (nSPS) is 29.3. The minimum atomic E-state index is -3.00. The van der Waals surface area contributed by atoms with Gasteiger partial charge in [0.2, 0.25) is 11.5 Å². The summed E-state index contributed by atoms with van der Waals surface area (Å²) in [4.78, 5) is 61.0. The summed E-state index contributed by atoms with van der Waals surface area (Å²) in [6.07, 6.45) is -2.28. The molecule has 0 radical (unpaired) electrons. The molecular weight excluding hydrogens is 480 g/mol. The molecule has 13 nitrogen and oxygen atoms in total. The highest BCUT2D eigenvalue weighted by Crippen LogP contribution is 2.57. The second kappa shape index (κ2) is 8.16. The van der Waals surface area contributed by atoms with Crippen LogP contribution in [0.15, 0.2) is 29.0 Å². The van der Waals surface area contributed by atoms with Gasteiger partial charge in [0.25, 0.3) is 5.91 Å². The maximum Gasteiger partial charge on any atom is 0.311 e. The van der Waals surface area contributed by atoms with E-state index in [2.05, 4.69) is 0 Å². The van der Waals surface area contributed by atoms with Crippen molar-refractivity contribution in [3.05, 3.63) is 50.3 Å². The Morgan fingerprint density at radius 1 is 1.25 bits per heavy atom. The van der Waals surface area contributed by atoms with Gasteiger partial charge in [-0.2, -0.15) is 0 Å². The zero-order valence-electron chi connectivity index (χ0n) is 19.0. The predicted molar refractivity (Wildman–Crippen MR) is 118 cm³/mol. The van der Waals surface area contributed by atoms with Crippen LogP contribution in [0.5, 0.6) is 5.75 Å². The van der Waals surface area contributed by atoms with E-state index in [9.17, 15) is 49.7 Å². The van der Waals surface area contributed by atoms with Gasteiger partial charge in [-0.15, -0.1) is 0 Å². The number of phenolic OH excluding ortho intramolecular Hbond substituents is 1. The Morgan fingerprint density at radius 2 is 1.89 bits per heavy atom. The zero-order chi connectivity index (χ0) is 26.9. The maximum atomic E-state index is 13.7. The first-order valence-corrected chi connectivity index (χ1v) is 11.0. The van der Waals surface area contributed by atoms with E-state index in [-0.39, 0.29) is 12.0 Å². The van der Waals surface area contributed by atoms with E-state index in [0.29, 0.717) is 0 Å². The maximum absolute atomic E-state index is 13.7. The largest absolute Gasteiger partial charge is 0.508 e. The average Bonchev–Trinajstić information content (AvgIpc) is 2.80. The number of hydrogen-bond acceptors (Lipinski definition) is 11. The van der Waals surface area contributed by atoms with Crippen molar-refractivity contribution in [2.45, 2.75) is 44.3 Å². The number of esters is 1. The third kappa shape index (κ3) is 3.12. The summed E-state index contributed by atoms with van der Waals surface area (Å²) in [6, 6.07) is 2.28. The fourth-order valence-electron chi connectivity index (χ4n) is 5.49. The molecule has 1 amide bonds. The number of ether oxygens (including phenoxy) is 1. The summed E-state index contributed by atoms with van der Waals surface area (Å²) >= 11 is 0. The highest BCUT2D eigenvalue weighted by Gasteiger charge is 2.66. The van der Waals surface area contributed by atoms with Crippen LogP contribution < -0.4 is 5.73 Å². The lowest BCUT2D eigenvalue weighted by molar-refractivity contribution is -0.385. The van der Waals surface area contributed by atoms with Gasteiger partial charge in [-0.25, -0.2) is 0 Å². The van der Waals surface area contributed by atoms with Crippen LogP contribution in [0, 0.1) is 22.0 Å². The Labute approximate surface area is 202 Å². The van der Waals surface area contributed by atoms with E-state index >= 15 is 0 Å². The van der Waals surface area contributed by atoms with Gasteiger partial charge >= 0.3 is 11.7 Å². The van der Waals surface area contributed by atoms with Crippen molar-refractivity contribution in [2.75, 3.05) is 0 Å². The molecule has 1 aromatic carbocycles. The first-order valence-electron chi connectivity index (χ1n) is 11.0. The van der Waals surface area contributed by atoms with E-state index in [4.69, 9.17) is 10.5 Å². The lowest BCUT2D eigenvalue weighted by atomic mass is 9.55. The molecule has 4 rings (SSSR count). The van der Waals surface area contributed by atoms with Gasteiger partial charge in [-0.3, -0.25) is 29.3 Å². The Bertz CT molecular complexity index is 1330. The van der Waals surface area contributed by atoms with Gasteiger partial charge in [0.1, 0.15) is 23.2 Å². The van der Waals surface area contributed by atoms with Crippen LogP contribution in [-0.4, -0.2) is 60.5 Å². The number of hydrogen-bond donors (Lipinski definition) is 5. The van der Waals surface area contributed by atoms with Gasteiger partial charge < -0.3 is 30.9 Å². The average molecular weight is 502 g/mol. The van der Waals surface area contributed by atoms with E-state index in [0.717, 1.165) is 6.07 Å². The van der Waals surface area contributed by atoms with Gasteiger partial charge in [0.05, 0.1) is 10.5 Å². The number of Topliss-reactive ketones (excluding diaryl/α,β-unsaturated/α-hetero) is 2. The number of nitro groups is 1. The highest BCUT2D eigenvalue weighted by atomic mass is 16.6. The van der Waals surface area contributed by atoms with Crippen molar-refractivity contribution in [1.29, 1.82) is 0 Å². The number of nitrogens with two attached hydrogens (primary N) is 1. The Hall–Kier alpha value is -4.26. The Kier molecular flexibility index (Phi) is 5.63. The Morgan fingerprint density at radius 3 is 2.44 bits per heavy atom. The molecular formula is C23H22N2O11. The van der Waals surface area contributed by atoms with E-state index in [1.165, 1.54) is 13.0 Å².